The molecule has 6 nitrogen and oxygen atoms in total. The summed E-state index contributed by atoms with van der Waals surface area (Å²) in [6.45, 7) is 4.77. The Morgan fingerprint density at radius 1 is 1.43 bits per heavy atom. The Balaban J connectivity index is 1.55. The third-order valence-corrected chi connectivity index (χ3v) is 4.66. The van der Waals surface area contributed by atoms with Crippen molar-refractivity contribution in [1.82, 2.24) is 15.0 Å². The number of carbonyl (C=O) groups is 1. The van der Waals surface area contributed by atoms with E-state index in [1.165, 1.54) is 11.3 Å². The quantitative estimate of drug-likeness (QED) is 0.853. The Morgan fingerprint density at radius 2 is 2.22 bits per heavy atom. The predicted molar refractivity (Wildman–Crippen MR) is 87.4 cm³/mol. The first kappa shape index (κ1) is 16.2. The van der Waals surface area contributed by atoms with Gasteiger partial charge in [-0.3, -0.25) is 9.36 Å². The largest absolute Gasteiger partial charge is 0.350 e. The van der Waals surface area contributed by atoms with Crippen molar-refractivity contribution in [3.05, 3.63) is 34.6 Å². The first-order chi connectivity index (χ1) is 11.1. The Hall–Kier alpha value is -1.70. The maximum Gasteiger partial charge on any atom is 0.249 e. The first-order valence-electron chi connectivity index (χ1n) is 7.79. The van der Waals surface area contributed by atoms with Crippen molar-refractivity contribution >= 4 is 17.2 Å². The van der Waals surface area contributed by atoms with Gasteiger partial charge in [-0.25, -0.2) is 15.3 Å². The second-order valence-electron chi connectivity index (χ2n) is 5.69. The van der Waals surface area contributed by atoms with Crippen LogP contribution < -0.4 is 5.48 Å². The van der Waals surface area contributed by atoms with Crippen LogP contribution in [-0.4, -0.2) is 28.4 Å². The van der Waals surface area contributed by atoms with Crippen LogP contribution in [0.2, 0.25) is 0 Å². The maximum absolute atomic E-state index is 12.0. The number of ether oxygens (including phenoxy) is 1. The molecule has 7 heteroatoms. The highest BCUT2D eigenvalue weighted by Gasteiger charge is 2.16. The molecule has 1 aliphatic rings. The highest BCUT2D eigenvalue weighted by Crippen LogP contribution is 2.20. The van der Waals surface area contributed by atoms with Crippen molar-refractivity contribution in [3.8, 4) is 5.13 Å². The van der Waals surface area contributed by atoms with Gasteiger partial charge < -0.3 is 4.74 Å². The molecule has 0 radical (unpaired) electrons. The van der Waals surface area contributed by atoms with Gasteiger partial charge in [0.1, 0.15) is 0 Å². The Bertz CT molecular complexity index is 654. The van der Waals surface area contributed by atoms with Gasteiger partial charge in [-0.05, 0) is 38.8 Å². The van der Waals surface area contributed by atoms with Crippen LogP contribution in [0.5, 0.6) is 0 Å². The van der Waals surface area contributed by atoms with Crippen LogP contribution in [0.25, 0.3) is 5.13 Å². The van der Waals surface area contributed by atoms with Gasteiger partial charge in [0, 0.05) is 29.8 Å². The molecule has 1 N–H and O–H groups in total. The molecule has 0 aromatic carbocycles. The molecular weight excluding hydrogens is 314 g/mol. The number of aromatic nitrogens is 2. The third-order valence-electron chi connectivity index (χ3n) is 3.79. The molecule has 2 aromatic heterocycles. The fourth-order valence-corrected chi connectivity index (χ4v) is 3.53. The lowest BCUT2D eigenvalue weighted by Gasteiger charge is -2.21. The van der Waals surface area contributed by atoms with Crippen LogP contribution in [0.15, 0.2) is 17.5 Å². The van der Waals surface area contributed by atoms with E-state index in [0.29, 0.717) is 6.61 Å². The fraction of sp³-hybridized carbons (Fsp3) is 0.500. The SMILES string of the molecule is Cc1ccc(C)n1-c1nc(CC(=O)NOC2CCCCO2)cs1. The molecule has 124 valence electrons. The Kier molecular flexibility index (Phi) is 5.09. The van der Waals surface area contributed by atoms with Gasteiger partial charge in [-0.2, -0.15) is 0 Å². The van der Waals surface area contributed by atoms with E-state index in [0.717, 1.165) is 41.5 Å². The molecule has 1 atom stereocenters. The summed E-state index contributed by atoms with van der Waals surface area (Å²) in [5, 5.41) is 2.79. The lowest BCUT2D eigenvalue weighted by Crippen LogP contribution is -2.33. The van der Waals surface area contributed by atoms with E-state index in [4.69, 9.17) is 9.57 Å². The lowest BCUT2D eigenvalue weighted by molar-refractivity contribution is -0.200. The zero-order valence-electron chi connectivity index (χ0n) is 13.4. The van der Waals surface area contributed by atoms with E-state index in [1.54, 1.807) is 0 Å². The number of hydrogen-bond donors (Lipinski definition) is 1. The number of hydrogen-bond acceptors (Lipinski definition) is 5. The van der Waals surface area contributed by atoms with Crippen LogP contribution in [0.1, 0.15) is 36.3 Å². The number of thiazole rings is 1. The molecule has 0 saturated carbocycles. The summed E-state index contributed by atoms with van der Waals surface area (Å²) in [4.78, 5) is 21.8. The summed E-state index contributed by atoms with van der Waals surface area (Å²) >= 11 is 1.53. The lowest BCUT2D eigenvalue weighted by atomic mass is 10.2. The molecule has 2 aromatic rings. The van der Waals surface area contributed by atoms with Gasteiger partial charge in [-0.15, -0.1) is 11.3 Å². The fourth-order valence-electron chi connectivity index (χ4n) is 2.59. The molecule has 0 spiro atoms. The minimum Gasteiger partial charge on any atom is -0.350 e. The van der Waals surface area contributed by atoms with Gasteiger partial charge in [-0.1, -0.05) is 0 Å². The molecule has 1 amide bonds. The van der Waals surface area contributed by atoms with Crippen molar-refractivity contribution in [2.75, 3.05) is 6.61 Å². The van der Waals surface area contributed by atoms with Crippen LogP contribution in [-0.2, 0) is 20.8 Å². The monoisotopic (exact) mass is 335 g/mol. The van der Waals surface area contributed by atoms with E-state index in [9.17, 15) is 4.79 Å². The highest BCUT2D eigenvalue weighted by atomic mass is 32.1. The molecule has 1 saturated heterocycles. The van der Waals surface area contributed by atoms with Crippen LogP contribution >= 0.6 is 11.3 Å². The van der Waals surface area contributed by atoms with E-state index < -0.39 is 0 Å². The summed E-state index contributed by atoms with van der Waals surface area (Å²) in [5.74, 6) is -0.211. The number of hydroxylamine groups is 1. The number of carbonyl (C=O) groups excluding carboxylic acids is 1. The normalized spacial score (nSPS) is 18.1. The zero-order chi connectivity index (χ0) is 16.2. The van der Waals surface area contributed by atoms with Crippen LogP contribution in [0, 0.1) is 13.8 Å². The van der Waals surface area contributed by atoms with E-state index in [2.05, 4.69) is 27.2 Å². The second kappa shape index (κ2) is 7.25. The summed E-state index contributed by atoms with van der Waals surface area (Å²) in [6, 6.07) is 4.11. The molecule has 1 fully saturated rings. The topological polar surface area (TPSA) is 65.4 Å². The van der Waals surface area contributed by atoms with Crippen LogP contribution in [0.3, 0.4) is 0 Å². The Labute approximate surface area is 139 Å². The number of nitrogens with zero attached hydrogens (tertiary/aromatic N) is 2. The summed E-state index contributed by atoms with van der Waals surface area (Å²) < 4.78 is 7.49. The van der Waals surface area contributed by atoms with Crippen molar-refractivity contribution < 1.29 is 14.4 Å². The summed E-state index contributed by atoms with van der Waals surface area (Å²) in [6.07, 6.45) is 2.79. The number of aryl methyl sites for hydroxylation is 2. The number of nitrogens with one attached hydrogen (secondary N) is 1. The van der Waals surface area contributed by atoms with E-state index in [-0.39, 0.29) is 18.6 Å². The maximum atomic E-state index is 12.0. The van der Waals surface area contributed by atoms with Gasteiger partial charge in [0.05, 0.1) is 12.1 Å². The van der Waals surface area contributed by atoms with Gasteiger partial charge >= 0.3 is 0 Å². The molecule has 23 heavy (non-hydrogen) atoms. The number of rotatable bonds is 5. The van der Waals surface area contributed by atoms with Crippen molar-refractivity contribution in [2.45, 2.75) is 45.8 Å². The minimum atomic E-state index is -0.330. The first-order valence-corrected chi connectivity index (χ1v) is 8.67. The Morgan fingerprint density at radius 3 is 2.91 bits per heavy atom. The standard InChI is InChI=1S/C16H21N3O3S/c1-11-6-7-12(2)19(11)16-17-13(10-23-16)9-14(20)18-22-15-5-3-4-8-21-15/h6-7,10,15H,3-5,8-9H2,1-2H3,(H,18,20). The smallest absolute Gasteiger partial charge is 0.249 e. The molecule has 1 unspecified atom stereocenters. The summed E-state index contributed by atoms with van der Waals surface area (Å²) in [7, 11) is 0. The third kappa shape index (κ3) is 3.99. The van der Waals surface area contributed by atoms with Crippen molar-refractivity contribution in [1.29, 1.82) is 0 Å². The van der Waals surface area contributed by atoms with Gasteiger partial charge in [0.2, 0.25) is 5.91 Å². The predicted octanol–water partition coefficient (Wildman–Crippen LogP) is 2.67. The zero-order valence-corrected chi connectivity index (χ0v) is 14.2. The van der Waals surface area contributed by atoms with E-state index in [1.807, 2.05) is 19.2 Å². The van der Waals surface area contributed by atoms with Crippen LogP contribution in [0.4, 0.5) is 0 Å². The summed E-state index contributed by atoms with van der Waals surface area (Å²) in [5.41, 5.74) is 5.46. The highest BCUT2D eigenvalue weighted by molar-refractivity contribution is 7.12. The molecule has 0 aliphatic carbocycles. The van der Waals surface area contributed by atoms with E-state index >= 15 is 0 Å². The molecular formula is C16H21N3O3S. The minimum absolute atomic E-state index is 0.197. The average Bonchev–Trinajstić information content (AvgIpc) is 3.13. The average molecular weight is 335 g/mol. The van der Waals surface area contributed by atoms with Gasteiger partial charge in [0.15, 0.2) is 11.4 Å². The van der Waals surface area contributed by atoms with Crippen molar-refractivity contribution in [3.63, 3.8) is 0 Å². The second-order valence-corrected chi connectivity index (χ2v) is 6.53. The van der Waals surface area contributed by atoms with Gasteiger partial charge in [0.25, 0.3) is 0 Å². The molecule has 3 rings (SSSR count). The number of amides is 1. The molecule has 1 aliphatic heterocycles. The van der Waals surface area contributed by atoms with Crippen molar-refractivity contribution in [2.24, 2.45) is 0 Å². The molecule has 0 bridgehead atoms. The molecule has 3 heterocycles.